The Labute approximate surface area is 258 Å². The normalized spacial score (nSPS) is 13.7. The highest BCUT2D eigenvalue weighted by Gasteiger charge is 2.14. The van der Waals surface area contributed by atoms with Gasteiger partial charge in [-0.1, -0.05) is 103 Å². The Morgan fingerprint density at radius 2 is 1.14 bits per heavy atom. The van der Waals surface area contributed by atoms with Crippen molar-refractivity contribution in [1.82, 2.24) is 0 Å². The van der Waals surface area contributed by atoms with E-state index >= 15 is 0 Å². The summed E-state index contributed by atoms with van der Waals surface area (Å²) in [5.74, 6) is 0.644. The fourth-order valence-corrected chi connectivity index (χ4v) is 5.24. The summed E-state index contributed by atoms with van der Waals surface area (Å²) in [5.41, 5.74) is 9.73. The zero-order chi connectivity index (χ0) is 30.1. The second-order valence-corrected chi connectivity index (χ2v) is 10.3. The third kappa shape index (κ3) is 6.36. The van der Waals surface area contributed by atoms with Crippen LogP contribution in [0.15, 0.2) is 163 Å². The standard InChI is InChI=1S/C40H29N3O/c1-42-40(29-41)35-26-27-44-39(28-35)25-14-30-12-19-36(20-13-30)43(37-21-15-33(16-22-37)31-8-4-2-5-9-31)38-23-17-34(18-24-38)32-10-6-3-7-11-32/h2-25,28H,26-27H2. The number of benzene rings is 5. The fraction of sp³-hybridized carbons (Fsp3) is 0.0500. The zero-order valence-electron chi connectivity index (χ0n) is 24.1. The predicted octanol–water partition coefficient (Wildman–Crippen LogP) is 10.5. The number of hydrogen-bond donors (Lipinski definition) is 0. The van der Waals surface area contributed by atoms with Crippen LogP contribution in [0.1, 0.15) is 12.0 Å². The van der Waals surface area contributed by atoms with E-state index in [0.717, 1.165) is 28.2 Å². The Bertz CT molecular complexity index is 1810. The molecule has 44 heavy (non-hydrogen) atoms. The first-order valence-corrected chi connectivity index (χ1v) is 14.5. The van der Waals surface area contributed by atoms with E-state index in [1.807, 2.05) is 30.4 Å². The predicted molar refractivity (Wildman–Crippen MR) is 179 cm³/mol. The van der Waals surface area contributed by atoms with Crippen LogP contribution < -0.4 is 4.90 Å². The maximum Gasteiger partial charge on any atom is 0.265 e. The van der Waals surface area contributed by atoms with Crippen molar-refractivity contribution in [2.24, 2.45) is 0 Å². The van der Waals surface area contributed by atoms with Crippen LogP contribution in [0.2, 0.25) is 0 Å². The van der Waals surface area contributed by atoms with Crippen LogP contribution in [0.25, 0.3) is 33.2 Å². The van der Waals surface area contributed by atoms with Crippen molar-refractivity contribution in [2.75, 3.05) is 11.5 Å². The van der Waals surface area contributed by atoms with E-state index in [1.165, 1.54) is 22.3 Å². The van der Waals surface area contributed by atoms with E-state index < -0.39 is 0 Å². The molecule has 0 unspecified atom stereocenters. The summed E-state index contributed by atoms with van der Waals surface area (Å²) in [6, 6.07) is 48.5. The highest BCUT2D eigenvalue weighted by molar-refractivity contribution is 5.80. The largest absolute Gasteiger partial charge is 0.493 e. The molecule has 0 aromatic heterocycles. The Kier molecular flexibility index (Phi) is 8.45. The van der Waals surface area contributed by atoms with Crippen LogP contribution in [-0.2, 0) is 4.74 Å². The van der Waals surface area contributed by atoms with E-state index in [9.17, 15) is 5.26 Å². The third-order valence-corrected chi connectivity index (χ3v) is 7.54. The first kappa shape index (κ1) is 28.0. The molecule has 6 rings (SSSR count). The molecule has 5 aromatic rings. The summed E-state index contributed by atoms with van der Waals surface area (Å²) in [6.07, 6.45) is 6.21. The minimum absolute atomic E-state index is 0.122. The van der Waals surface area contributed by atoms with Crippen molar-refractivity contribution in [3.8, 4) is 28.3 Å². The topological polar surface area (TPSA) is 40.6 Å². The molecule has 0 aliphatic carbocycles. The van der Waals surface area contributed by atoms with Gasteiger partial charge in [0, 0.05) is 17.1 Å². The Morgan fingerprint density at radius 1 is 0.659 bits per heavy atom. The average molecular weight is 568 g/mol. The molecule has 0 amide bonds. The smallest absolute Gasteiger partial charge is 0.265 e. The lowest BCUT2D eigenvalue weighted by Crippen LogP contribution is -2.09. The molecule has 0 radical (unpaired) electrons. The second kappa shape index (κ2) is 13.3. The molecule has 0 spiro atoms. The maximum atomic E-state index is 9.23. The first-order chi connectivity index (χ1) is 21.7. The van der Waals surface area contributed by atoms with E-state index in [2.05, 4.69) is 131 Å². The second-order valence-electron chi connectivity index (χ2n) is 10.3. The van der Waals surface area contributed by atoms with Gasteiger partial charge in [-0.3, -0.25) is 0 Å². The van der Waals surface area contributed by atoms with Crippen LogP contribution in [0.4, 0.5) is 17.1 Å². The number of rotatable bonds is 7. The molecule has 0 saturated heterocycles. The quantitative estimate of drug-likeness (QED) is 0.145. The monoisotopic (exact) mass is 567 g/mol. The minimum Gasteiger partial charge on any atom is -0.493 e. The highest BCUT2D eigenvalue weighted by Crippen LogP contribution is 2.37. The molecule has 1 aliphatic rings. The summed E-state index contributed by atoms with van der Waals surface area (Å²) in [6.45, 7) is 7.68. The molecule has 4 nitrogen and oxygen atoms in total. The first-order valence-electron chi connectivity index (χ1n) is 14.5. The maximum absolute atomic E-state index is 9.23. The molecule has 0 bridgehead atoms. The van der Waals surface area contributed by atoms with Gasteiger partial charge in [0.15, 0.2) is 0 Å². The lowest BCUT2D eigenvalue weighted by atomic mass is 10.0. The average Bonchev–Trinajstić information content (AvgIpc) is 3.10. The van der Waals surface area contributed by atoms with Crippen molar-refractivity contribution >= 4 is 23.1 Å². The van der Waals surface area contributed by atoms with Gasteiger partial charge in [-0.05, 0) is 88.4 Å². The highest BCUT2D eigenvalue weighted by atomic mass is 16.5. The SMILES string of the molecule is [C-]#[N+]C(C#N)=C1C=C(C=Cc2ccc(N(c3ccc(-c4ccccc4)cc3)c3ccc(-c4ccccc4)cc3)cc2)OCC1. The third-order valence-electron chi connectivity index (χ3n) is 7.54. The van der Waals surface area contributed by atoms with Crippen LogP contribution >= 0.6 is 0 Å². The van der Waals surface area contributed by atoms with Crippen molar-refractivity contribution in [3.05, 3.63) is 180 Å². The van der Waals surface area contributed by atoms with Gasteiger partial charge >= 0.3 is 0 Å². The lowest BCUT2D eigenvalue weighted by molar-refractivity contribution is 0.219. The van der Waals surface area contributed by atoms with Gasteiger partial charge in [-0.25, -0.2) is 10.1 Å². The van der Waals surface area contributed by atoms with Gasteiger partial charge in [-0.2, -0.15) is 0 Å². The van der Waals surface area contributed by atoms with E-state index in [4.69, 9.17) is 11.3 Å². The molecule has 5 aromatic carbocycles. The van der Waals surface area contributed by atoms with Gasteiger partial charge in [-0.15, -0.1) is 0 Å². The Morgan fingerprint density at radius 3 is 1.61 bits per heavy atom. The molecule has 0 saturated carbocycles. The van der Waals surface area contributed by atoms with Crippen LogP contribution in [0, 0.1) is 17.9 Å². The Balaban J connectivity index is 1.31. The van der Waals surface area contributed by atoms with Gasteiger partial charge in [0.1, 0.15) is 5.76 Å². The number of anilines is 3. The molecule has 1 aliphatic heterocycles. The van der Waals surface area contributed by atoms with Crippen molar-refractivity contribution in [3.63, 3.8) is 0 Å². The summed E-state index contributed by atoms with van der Waals surface area (Å²) < 4.78 is 5.75. The molecule has 0 N–H and O–H groups in total. The van der Waals surface area contributed by atoms with E-state index in [0.29, 0.717) is 18.8 Å². The summed E-state index contributed by atoms with van der Waals surface area (Å²) >= 11 is 0. The van der Waals surface area contributed by atoms with Crippen LogP contribution in [0.5, 0.6) is 0 Å². The summed E-state index contributed by atoms with van der Waals surface area (Å²) in [7, 11) is 0. The molecular formula is C40H29N3O. The molecular weight excluding hydrogens is 538 g/mol. The number of nitrogens with zero attached hydrogens (tertiary/aromatic N) is 3. The van der Waals surface area contributed by atoms with Gasteiger partial charge in [0.2, 0.25) is 0 Å². The van der Waals surface area contributed by atoms with E-state index in [-0.39, 0.29) is 5.70 Å². The molecule has 0 fully saturated rings. The molecule has 4 heteroatoms. The van der Waals surface area contributed by atoms with Crippen LogP contribution in [-0.4, -0.2) is 6.61 Å². The van der Waals surface area contributed by atoms with Crippen molar-refractivity contribution in [1.29, 1.82) is 5.26 Å². The van der Waals surface area contributed by atoms with Gasteiger partial charge in [0.05, 0.1) is 19.2 Å². The number of hydrogen-bond acceptors (Lipinski definition) is 3. The van der Waals surface area contributed by atoms with Gasteiger partial charge in [0.25, 0.3) is 5.70 Å². The number of ether oxygens (including phenoxy) is 1. The van der Waals surface area contributed by atoms with Gasteiger partial charge < -0.3 is 9.64 Å². The van der Waals surface area contributed by atoms with Crippen LogP contribution in [0.3, 0.4) is 0 Å². The molecule has 0 atom stereocenters. The number of allylic oxidation sites excluding steroid dienone is 3. The Hall–Kier alpha value is -6.10. The molecule has 210 valence electrons. The number of nitriles is 1. The van der Waals surface area contributed by atoms with E-state index in [1.54, 1.807) is 6.08 Å². The minimum atomic E-state index is 0.122. The summed E-state index contributed by atoms with van der Waals surface area (Å²) in [4.78, 5) is 5.60. The van der Waals surface area contributed by atoms with Crippen molar-refractivity contribution < 1.29 is 4.74 Å². The summed E-state index contributed by atoms with van der Waals surface area (Å²) in [5, 5.41) is 9.23. The molecule has 1 heterocycles. The zero-order valence-corrected chi connectivity index (χ0v) is 24.1. The van der Waals surface area contributed by atoms with Crippen molar-refractivity contribution in [2.45, 2.75) is 6.42 Å². The fourth-order valence-electron chi connectivity index (χ4n) is 5.24. The lowest BCUT2D eigenvalue weighted by Gasteiger charge is -2.26.